The van der Waals surface area contributed by atoms with E-state index in [4.69, 9.17) is 4.74 Å². The smallest absolute Gasteiger partial charge is 0.135 e. The summed E-state index contributed by atoms with van der Waals surface area (Å²) in [4.78, 5) is 0. The molecule has 0 atom stereocenters. The molecular formula is C8H14O. The molecule has 0 N–H and O–H groups in total. The van der Waals surface area contributed by atoms with Crippen molar-refractivity contribution in [1.29, 1.82) is 0 Å². The summed E-state index contributed by atoms with van der Waals surface area (Å²) in [6.45, 7) is 11.3. The highest BCUT2D eigenvalue weighted by Gasteiger charge is 2.09. The van der Waals surface area contributed by atoms with Crippen LogP contribution in [0.2, 0.25) is 0 Å². The zero-order valence-electron chi connectivity index (χ0n) is 6.62. The molecule has 0 amide bonds. The summed E-state index contributed by atoms with van der Waals surface area (Å²) in [5.41, 5.74) is 2.55. The Kier molecular flexibility index (Phi) is 2.54. The van der Waals surface area contributed by atoms with Crippen molar-refractivity contribution in [3.63, 3.8) is 0 Å². The molecule has 0 bridgehead atoms. The van der Waals surface area contributed by atoms with Crippen LogP contribution in [0, 0.1) is 0 Å². The van der Waals surface area contributed by atoms with Gasteiger partial charge in [0, 0.05) is 6.92 Å². The molecule has 0 radical (unpaired) electrons. The van der Waals surface area contributed by atoms with Gasteiger partial charge in [0.1, 0.15) is 11.4 Å². The molecule has 0 aromatic rings. The average Bonchev–Trinajstić information content (AvgIpc) is 1.62. The van der Waals surface area contributed by atoms with E-state index in [1.165, 1.54) is 0 Å². The van der Waals surface area contributed by atoms with Crippen molar-refractivity contribution in [1.82, 2.24) is 0 Å². The lowest BCUT2D eigenvalue weighted by atomic mass is 10.2. The predicted molar refractivity (Wildman–Crippen MR) is 39.2 cm³/mol. The zero-order chi connectivity index (χ0) is 7.49. The van der Waals surface area contributed by atoms with E-state index in [-0.39, 0.29) is 5.60 Å². The van der Waals surface area contributed by atoms with Gasteiger partial charge in [0.05, 0.1) is 0 Å². The zero-order valence-corrected chi connectivity index (χ0v) is 6.62. The van der Waals surface area contributed by atoms with E-state index < -0.39 is 0 Å². The lowest BCUT2D eigenvalue weighted by Gasteiger charge is -2.20. The van der Waals surface area contributed by atoms with Gasteiger partial charge in [-0.15, -0.1) is 0 Å². The van der Waals surface area contributed by atoms with Crippen molar-refractivity contribution in [2.45, 2.75) is 33.3 Å². The predicted octanol–water partition coefficient (Wildman–Crippen LogP) is 2.49. The first kappa shape index (κ1) is 8.32. The Labute approximate surface area is 57.0 Å². The molecule has 0 saturated carbocycles. The van der Waals surface area contributed by atoms with Crippen LogP contribution in [0.4, 0.5) is 0 Å². The van der Waals surface area contributed by atoms with Crippen LogP contribution in [-0.2, 0) is 4.74 Å². The normalized spacial score (nSPS) is 10.2. The monoisotopic (exact) mass is 126 g/mol. The fraction of sp³-hybridized carbons (Fsp3) is 0.625. The van der Waals surface area contributed by atoms with Crippen LogP contribution >= 0.6 is 0 Å². The van der Waals surface area contributed by atoms with Crippen LogP contribution in [0.15, 0.2) is 18.1 Å². The Morgan fingerprint density at radius 1 is 1.44 bits per heavy atom. The third-order valence-electron chi connectivity index (χ3n) is 0.708. The number of rotatable bonds is 1. The van der Waals surface area contributed by atoms with Crippen LogP contribution in [0.5, 0.6) is 0 Å². The molecule has 0 aromatic carbocycles. The quantitative estimate of drug-likeness (QED) is 0.387. The first-order valence-corrected chi connectivity index (χ1v) is 3.01. The minimum atomic E-state index is -0.116. The molecule has 0 spiro atoms. The highest BCUT2D eigenvalue weighted by atomic mass is 16.5. The Morgan fingerprint density at radius 3 is 2.00 bits per heavy atom. The van der Waals surface area contributed by atoms with Gasteiger partial charge in [-0.05, 0) is 20.8 Å². The second-order valence-electron chi connectivity index (χ2n) is 2.95. The second kappa shape index (κ2) is 2.75. The van der Waals surface area contributed by atoms with E-state index in [1.807, 2.05) is 27.7 Å². The highest BCUT2D eigenvalue weighted by Crippen LogP contribution is 2.11. The van der Waals surface area contributed by atoms with Crippen molar-refractivity contribution in [2.75, 3.05) is 0 Å². The van der Waals surface area contributed by atoms with Crippen LogP contribution in [0.3, 0.4) is 0 Å². The van der Waals surface area contributed by atoms with Crippen LogP contribution < -0.4 is 0 Å². The number of hydrogen-bond donors (Lipinski definition) is 0. The molecular weight excluding hydrogens is 112 g/mol. The van der Waals surface area contributed by atoms with Crippen LogP contribution in [0.25, 0.3) is 0 Å². The van der Waals surface area contributed by atoms with Crippen molar-refractivity contribution < 1.29 is 4.74 Å². The fourth-order valence-corrected chi connectivity index (χ4v) is 0.495. The molecule has 0 aromatic heterocycles. The molecule has 1 heteroatoms. The third kappa shape index (κ3) is 5.19. The van der Waals surface area contributed by atoms with E-state index in [0.717, 1.165) is 5.76 Å². The molecule has 1 nitrogen and oxygen atoms in total. The summed E-state index contributed by atoms with van der Waals surface area (Å²) in [6, 6.07) is 0. The summed E-state index contributed by atoms with van der Waals surface area (Å²) in [7, 11) is 0. The van der Waals surface area contributed by atoms with Crippen molar-refractivity contribution in [3.05, 3.63) is 18.1 Å². The maximum Gasteiger partial charge on any atom is 0.135 e. The van der Waals surface area contributed by atoms with Gasteiger partial charge >= 0.3 is 0 Å². The minimum Gasteiger partial charge on any atom is -0.485 e. The van der Waals surface area contributed by atoms with Gasteiger partial charge in [-0.1, -0.05) is 12.3 Å². The Bertz CT molecular complexity index is 133. The van der Waals surface area contributed by atoms with E-state index in [0.29, 0.717) is 0 Å². The minimum absolute atomic E-state index is 0.116. The first-order valence-electron chi connectivity index (χ1n) is 3.01. The average molecular weight is 126 g/mol. The Balaban J connectivity index is 3.89. The van der Waals surface area contributed by atoms with E-state index in [2.05, 4.69) is 12.3 Å². The van der Waals surface area contributed by atoms with Gasteiger partial charge in [0.2, 0.25) is 0 Å². The van der Waals surface area contributed by atoms with Crippen molar-refractivity contribution in [3.8, 4) is 0 Å². The van der Waals surface area contributed by atoms with Gasteiger partial charge < -0.3 is 4.74 Å². The summed E-state index contributed by atoms with van der Waals surface area (Å²) < 4.78 is 5.33. The van der Waals surface area contributed by atoms with Gasteiger partial charge in [0.15, 0.2) is 0 Å². The lowest BCUT2D eigenvalue weighted by Crippen LogP contribution is -2.17. The molecule has 0 fully saturated rings. The number of hydrogen-bond acceptors (Lipinski definition) is 1. The molecule has 0 aliphatic heterocycles. The standard InChI is InChI=1S/C8H14O/c1-6-7(2)9-8(3,4)5/h1H2,2-5H3. The van der Waals surface area contributed by atoms with Gasteiger partial charge in [-0.2, -0.15) is 0 Å². The summed E-state index contributed by atoms with van der Waals surface area (Å²) in [5.74, 6) is 0.752. The Morgan fingerprint density at radius 2 is 1.89 bits per heavy atom. The summed E-state index contributed by atoms with van der Waals surface area (Å²) in [6.07, 6.45) is 0. The van der Waals surface area contributed by atoms with Gasteiger partial charge in [-0.25, -0.2) is 0 Å². The maximum absolute atomic E-state index is 5.33. The number of allylic oxidation sites excluding steroid dienone is 1. The van der Waals surface area contributed by atoms with E-state index >= 15 is 0 Å². The maximum atomic E-state index is 5.33. The molecule has 0 unspecified atom stereocenters. The summed E-state index contributed by atoms with van der Waals surface area (Å²) in [5, 5.41) is 0. The molecule has 0 rings (SSSR count). The van der Waals surface area contributed by atoms with Crippen molar-refractivity contribution >= 4 is 0 Å². The van der Waals surface area contributed by atoms with Crippen LogP contribution in [-0.4, -0.2) is 5.60 Å². The molecule has 0 heterocycles. The van der Waals surface area contributed by atoms with Crippen molar-refractivity contribution in [2.24, 2.45) is 0 Å². The highest BCUT2D eigenvalue weighted by molar-refractivity contribution is 4.85. The molecule has 0 aliphatic rings. The van der Waals surface area contributed by atoms with Crippen LogP contribution in [0.1, 0.15) is 27.7 Å². The summed E-state index contributed by atoms with van der Waals surface area (Å²) >= 11 is 0. The molecule has 0 saturated heterocycles. The first-order chi connectivity index (χ1) is 3.95. The number of ether oxygens (including phenoxy) is 1. The Hall–Kier alpha value is -0.680. The lowest BCUT2D eigenvalue weighted by molar-refractivity contribution is 0.0540. The van der Waals surface area contributed by atoms with Gasteiger partial charge in [-0.3, -0.25) is 0 Å². The SMILES string of the molecule is C=C=C(C)OC(C)(C)C. The third-order valence-corrected chi connectivity index (χ3v) is 0.708. The van der Waals surface area contributed by atoms with E-state index in [1.54, 1.807) is 0 Å². The van der Waals surface area contributed by atoms with E-state index in [9.17, 15) is 0 Å². The molecule has 52 valence electrons. The topological polar surface area (TPSA) is 9.23 Å². The fourth-order valence-electron chi connectivity index (χ4n) is 0.495. The largest absolute Gasteiger partial charge is 0.485 e. The molecule has 0 aliphatic carbocycles. The second-order valence-corrected chi connectivity index (χ2v) is 2.95. The van der Waals surface area contributed by atoms with Gasteiger partial charge in [0.25, 0.3) is 0 Å². The molecule has 9 heavy (non-hydrogen) atoms.